The van der Waals surface area contributed by atoms with Crippen LogP contribution in [0, 0.1) is 0 Å². The molecule has 1 aliphatic rings. The first-order valence-corrected chi connectivity index (χ1v) is 10.1. The molecule has 0 saturated carbocycles. The molecule has 3 aromatic heterocycles. The SMILES string of the molecule is Cn1cc2c3cc(C(=O)N4CC[C@H](O)C4)sc3n(-c3ccc(C(F)F)cc3)c2n1. The van der Waals surface area contributed by atoms with Crippen LogP contribution in [0.2, 0.25) is 0 Å². The predicted molar refractivity (Wildman–Crippen MR) is 107 cm³/mol. The highest BCUT2D eigenvalue weighted by Gasteiger charge is 2.28. The van der Waals surface area contributed by atoms with Crippen LogP contribution in [0.4, 0.5) is 8.78 Å². The second-order valence-electron chi connectivity index (χ2n) is 7.29. The third kappa shape index (κ3) is 2.92. The molecule has 150 valence electrons. The summed E-state index contributed by atoms with van der Waals surface area (Å²) in [7, 11) is 1.82. The van der Waals surface area contributed by atoms with E-state index in [4.69, 9.17) is 0 Å². The van der Waals surface area contributed by atoms with E-state index < -0.39 is 12.5 Å². The summed E-state index contributed by atoms with van der Waals surface area (Å²) in [5.41, 5.74) is 1.39. The minimum atomic E-state index is -2.52. The number of aromatic nitrogens is 3. The van der Waals surface area contributed by atoms with Gasteiger partial charge in [0.15, 0.2) is 5.65 Å². The van der Waals surface area contributed by atoms with E-state index in [0.29, 0.717) is 35.7 Å². The van der Waals surface area contributed by atoms with Gasteiger partial charge < -0.3 is 10.0 Å². The van der Waals surface area contributed by atoms with Gasteiger partial charge >= 0.3 is 0 Å². The fourth-order valence-electron chi connectivity index (χ4n) is 3.86. The second kappa shape index (κ2) is 6.64. The molecule has 1 aliphatic heterocycles. The number of fused-ring (bicyclic) bond motifs is 3. The standard InChI is InChI=1S/C20H18F2N4O2S/c1-24-10-15-14-8-16(19(28)25-7-6-13(27)9-25)29-20(14)26(18(15)23-24)12-4-2-11(3-5-12)17(21)22/h2-5,8,10,13,17,27H,6-7,9H2,1H3/t13-/m0/s1. The van der Waals surface area contributed by atoms with Crippen LogP contribution >= 0.6 is 11.3 Å². The smallest absolute Gasteiger partial charge is 0.264 e. The Labute approximate surface area is 168 Å². The summed E-state index contributed by atoms with van der Waals surface area (Å²) in [6.07, 6.45) is -0.514. The summed E-state index contributed by atoms with van der Waals surface area (Å²) in [5.74, 6) is -0.0978. The Bertz CT molecular complexity index is 1230. The molecule has 0 radical (unpaired) electrons. The average Bonchev–Trinajstić information content (AvgIpc) is 3.43. The van der Waals surface area contributed by atoms with Gasteiger partial charge in [-0.15, -0.1) is 11.3 Å². The first kappa shape index (κ1) is 18.3. The third-order valence-electron chi connectivity index (χ3n) is 5.29. The quantitative estimate of drug-likeness (QED) is 0.554. The van der Waals surface area contributed by atoms with E-state index in [1.165, 1.54) is 23.5 Å². The van der Waals surface area contributed by atoms with Crippen LogP contribution in [0.5, 0.6) is 0 Å². The maximum atomic E-state index is 12.9. The summed E-state index contributed by atoms with van der Waals surface area (Å²) in [6.45, 7) is 0.887. The molecule has 29 heavy (non-hydrogen) atoms. The van der Waals surface area contributed by atoms with E-state index in [0.717, 1.165) is 15.6 Å². The molecule has 0 spiro atoms. The zero-order chi connectivity index (χ0) is 20.3. The van der Waals surface area contributed by atoms with Crippen molar-refractivity contribution < 1.29 is 18.7 Å². The summed E-state index contributed by atoms with van der Waals surface area (Å²) >= 11 is 1.35. The number of alkyl halides is 2. The van der Waals surface area contributed by atoms with Gasteiger partial charge in [-0.25, -0.2) is 8.78 Å². The molecule has 1 aromatic carbocycles. The van der Waals surface area contributed by atoms with Gasteiger partial charge in [-0.05, 0) is 24.6 Å². The lowest BCUT2D eigenvalue weighted by Gasteiger charge is -2.13. The Morgan fingerprint density at radius 1 is 1.28 bits per heavy atom. The van der Waals surface area contributed by atoms with Crippen molar-refractivity contribution in [2.24, 2.45) is 7.05 Å². The molecule has 9 heteroatoms. The van der Waals surface area contributed by atoms with E-state index in [1.54, 1.807) is 21.7 Å². The van der Waals surface area contributed by atoms with Gasteiger partial charge in [0, 0.05) is 48.4 Å². The molecule has 4 aromatic rings. The number of aliphatic hydroxyl groups is 1. The number of aliphatic hydroxyl groups excluding tert-OH is 1. The van der Waals surface area contributed by atoms with E-state index in [-0.39, 0.29) is 11.5 Å². The number of hydrogen-bond donors (Lipinski definition) is 1. The van der Waals surface area contributed by atoms with Crippen molar-refractivity contribution in [1.82, 2.24) is 19.2 Å². The Hall–Kier alpha value is -2.78. The number of thiophene rings is 1. The summed E-state index contributed by atoms with van der Waals surface area (Å²) < 4.78 is 29.5. The number of aryl methyl sites for hydroxylation is 1. The minimum absolute atomic E-state index is 0.0379. The predicted octanol–water partition coefficient (Wildman–Crippen LogP) is 3.72. The molecule has 5 rings (SSSR count). The average molecular weight is 416 g/mol. The van der Waals surface area contributed by atoms with E-state index in [2.05, 4.69) is 5.10 Å². The highest BCUT2D eigenvalue weighted by atomic mass is 32.1. The Morgan fingerprint density at radius 2 is 2.03 bits per heavy atom. The van der Waals surface area contributed by atoms with E-state index in [9.17, 15) is 18.7 Å². The number of β-amino-alcohol motifs (C(OH)–C–C–N with tert-alkyl or cyclic N) is 1. The van der Waals surface area contributed by atoms with Gasteiger partial charge in [0.1, 0.15) is 4.83 Å². The molecule has 0 bridgehead atoms. The topological polar surface area (TPSA) is 63.3 Å². The molecule has 1 amide bonds. The number of benzene rings is 1. The summed E-state index contributed by atoms with van der Waals surface area (Å²) in [6, 6.07) is 7.97. The van der Waals surface area contributed by atoms with Crippen molar-refractivity contribution in [3.8, 4) is 5.69 Å². The summed E-state index contributed by atoms with van der Waals surface area (Å²) in [4.78, 5) is 16.0. The van der Waals surface area contributed by atoms with Gasteiger partial charge in [0.05, 0.1) is 11.0 Å². The van der Waals surface area contributed by atoms with Crippen LogP contribution in [0.25, 0.3) is 26.9 Å². The van der Waals surface area contributed by atoms with Crippen molar-refractivity contribution in [3.63, 3.8) is 0 Å². The van der Waals surface area contributed by atoms with Crippen LogP contribution in [-0.4, -0.2) is 49.5 Å². The first-order chi connectivity index (χ1) is 13.9. The number of halogens is 2. The van der Waals surface area contributed by atoms with Gasteiger partial charge in [-0.2, -0.15) is 5.10 Å². The highest BCUT2D eigenvalue weighted by molar-refractivity contribution is 7.20. The lowest BCUT2D eigenvalue weighted by Crippen LogP contribution is -2.28. The molecule has 1 fully saturated rings. The van der Waals surface area contributed by atoms with E-state index >= 15 is 0 Å². The molecule has 0 unspecified atom stereocenters. The molecule has 6 nitrogen and oxygen atoms in total. The van der Waals surface area contributed by atoms with Crippen molar-refractivity contribution in [1.29, 1.82) is 0 Å². The fraction of sp³-hybridized carbons (Fsp3) is 0.300. The number of rotatable bonds is 3. The minimum Gasteiger partial charge on any atom is -0.391 e. The lowest BCUT2D eigenvalue weighted by atomic mass is 10.2. The van der Waals surface area contributed by atoms with Crippen molar-refractivity contribution in [3.05, 3.63) is 47.0 Å². The first-order valence-electron chi connectivity index (χ1n) is 9.26. The molecular formula is C20H18F2N4O2S. The zero-order valence-corrected chi connectivity index (χ0v) is 16.4. The molecule has 1 atom stereocenters. The van der Waals surface area contributed by atoms with E-state index in [1.807, 2.05) is 23.9 Å². The fourth-order valence-corrected chi connectivity index (χ4v) is 5.03. The molecule has 0 aliphatic carbocycles. The highest BCUT2D eigenvalue weighted by Crippen LogP contribution is 2.37. The lowest BCUT2D eigenvalue weighted by molar-refractivity contribution is 0.0769. The van der Waals surface area contributed by atoms with Crippen LogP contribution < -0.4 is 0 Å². The van der Waals surface area contributed by atoms with Gasteiger partial charge in [-0.1, -0.05) is 12.1 Å². The Morgan fingerprint density at radius 3 is 2.69 bits per heavy atom. The number of nitrogens with zero attached hydrogens (tertiary/aromatic N) is 4. The Balaban J connectivity index is 1.65. The van der Waals surface area contributed by atoms with Gasteiger partial charge in [0.25, 0.3) is 12.3 Å². The summed E-state index contributed by atoms with van der Waals surface area (Å²) in [5, 5.41) is 16.1. The molecular weight excluding hydrogens is 398 g/mol. The number of hydrogen-bond acceptors (Lipinski definition) is 4. The van der Waals surface area contributed by atoms with Crippen LogP contribution in [0.3, 0.4) is 0 Å². The molecule has 1 N–H and O–H groups in total. The van der Waals surface area contributed by atoms with Crippen molar-refractivity contribution >= 4 is 38.5 Å². The second-order valence-corrected chi connectivity index (χ2v) is 8.32. The zero-order valence-electron chi connectivity index (χ0n) is 15.5. The molecule has 4 heterocycles. The number of likely N-dealkylation sites (tertiary alicyclic amines) is 1. The monoisotopic (exact) mass is 416 g/mol. The van der Waals surface area contributed by atoms with Crippen LogP contribution in [-0.2, 0) is 7.05 Å². The van der Waals surface area contributed by atoms with Crippen LogP contribution in [0.15, 0.2) is 36.5 Å². The van der Waals surface area contributed by atoms with Crippen molar-refractivity contribution in [2.45, 2.75) is 19.0 Å². The number of carbonyl (C=O) groups excluding carboxylic acids is 1. The van der Waals surface area contributed by atoms with Crippen LogP contribution in [0.1, 0.15) is 28.1 Å². The maximum Gasteiger partial charge on any atom is 0.264 e. The maximum absolute atomic E-state index is 12.9. The van der Waals surface area contributed by atoms with Gasteiger partial charge in [0.2, 0.25) is 0 Å². The largest absolute Gasteiger partial charge is 0.391 e. The van der Waals surface area contributed by atoms with Gasteiger partial charge in [-0.3, -0.25) is 14.0 Å². The third-order valence-corrected chi connectivity index (χ3v) is 6.40. The number of carbonyl (C=O) groups is 1. The van der Waals surface area contributed by atoms with Crippen molar-refractivity contribution in [2.75, 3.05) is 13.1 Å². The number of amides is 1. The molecule has 1 saturated heterocycles. The Kier molecular flexibility index (Phi) is 4.18. The normalized spacial score (nSPS) is 17.3.